The summed E-state index contributed by atoms with van der Waals surface area (Å²) in [7, 11) is 16.4. The van der Waals surface area contributed by atoms with Crippen molar-refractivity contribution in [3.05, 3.63) is 72.9 Å². The lowest BCUT2D eigenvalue weighted by molar-refractivity contribution is -0.890. The molecule has 31 nitrogen and oxygen atoms in total. The van der Waals surface area contributed by atoms with Gasteiger partial charge in [-0.15, -0.1) is 0 Å². The average Bonchev–Trinajstić information content (AvgIpc) is 0.956. The maximum Gasteiger partial charge on any atom is 0.333 e. The number of phosphoric ester groups is 2. The van der Waals surface area contributed by atoms with Crippen molar-refractivity contribution in [1.29, 1.82) is 0 Å². The number of phosphoric acid groups is 2. The minimum Gasteiger partial charge on any atom is -0.756 e. The van der Waals surface area contributed by atoms with E-state index in [9.17, 15) is 66.6 Å². The van der Waals surface area contributed by atoms with Crippen LogP contribution in [0.25, 0.3) is 0 Å². The molecule has 0 aliphatic heterocycles. The van der Waals surface area contributed by atoms with Crippen molar-refractivity contribution in [3.8, 4) is 0 Å². The number of aliphatic carboxylic acids is 1. The van der Waals surface area contributed by atoms with Crippen molar-refractivity contribution in [3.63, 3.8) is 0 Å². The van der Waals surface area contributed by atoms with Gasteiger partial charge in [-0.2, -0.15) is 0 Å². The minimum atomic E-state index is -4.34. The normalized spacial score (nSPS) is 13.1. The smallest absolute Gasteiger partial charge is 0.333 e. The molecule has 0 bridgehead atoms. The van der Waals surface area contributed by atoms with E-state index in [0.717, 1.165) is 65.6 Å². The molecule has 3 atom stereocenters. The molecule has 0 heterocycles. The molecular formula is C71H139N8O23P2S+3. The van der Waals surface area contributed by atoms with Crippen LogP contribution in [0.3, 0.4) is 0 Å². The van der Waals surface area contributed by atoms with E-state index >= 15 is 0 Å². The van der Waals surface area contributed by atoms with Crippen molar-refractivity contribution in [2.75, 3.05) is 236 Å². The summed E-state index contributed by atoms with van der Waals surface area (Å²) in [5, 5.41) is 15.8. The Bertz CT molecular complexity index is 2870. The van der Waals surface area contributed by atoms with Crippen LogP contribution in [0.2, 0.25) is 0 Å². The molecule has 0 saturated carbocycles. The van der Waals surface area contributed by atoms with Crippen LogP contribution in [0.5, 0.6) is 0 Å². The number of unbranched alkanes of at least 4 members (excludes halogenated alkanes) is 1. The number of rotatable bonds is 49. The predicted molar refractivity (Wildman–Crippen MR) is 407 cm³/mol. The Balaban J connectivity index is -0.000000281. The standard InChI is InChI=1S/C13H26N2O3S.C13H24NO3.C12H24NO2.C11H20N2O3.2C11H22NO6P/c1-12(2)13(16)14-8-6-9-15(3,4)10-7-11-19(5,17)18;1-11(2)13(16)17-10-9-14(4,5)8-6-7-12(3)15;1-6-7-8-13(4,5)9-10-15-12(14)11(2)3;1-9(2)11(16)12-6-8-13(3,4)7-5-10(14)15;2*1-10(2)11(13)16-8-9-18-19(14,15)17-7-6-12(3,4)5/h1,5-11H2,2-4H3,(H-,14,16,17,18);1,6-10H2,2-5H3;2,6-10H2,1,3-5H3;1,5-8H2,2-4H3,(H-,12,14,15,16);2*1,6-9H2,2-5H3/q;2*+1;;;/p+1. The largest absolute Gasteiger partial charge is 0.756 e. The molecule has 34 heteroatoms. The quantitative estimate of drug-likeness (QED) is 0.0148. The SMILES string of the molecule is C=C(C)C(=O)NCCC[N+](C)(C)CCCS(=C)(=O)O.C=C(C)C(=O)NCC[N+](C)(C)CCC(=O)[O-].C=C(C)C(=O)OCCOP(=O)([O-])OCC[N+](C)(C)C.C=C(C)C(=O)OCCOP(=O)([O-])OCC[N+](C)(C)C.C=C(C)C(=O)OCC[N+](C)(C)CCCC.C=C(C)C(=O)OCC[N+](C)(C)CCCC(C)=O. The number of likely N-dealkylation sites (N-methyl/N-ethyl adjacent to an activating group) is 5. The highest BCUT2D eigenvalue weighted by molar-refractivity contribution is 7.95. The zero-order valence-corrected chi connectivity index (χ0v) is 70.8. The number of hydrogen-bond acceptors (Lipinski definition) is 22. The van der Waals surface area contributed by atoms with E-state index in [0.29, 0.717) is 101 Å². The fraction of sp³-hybridized carbons (Fsp3) is 0.704. The van der Waals surface area contributed by atoms with Crippen molar-refractivity contribution < 1.29 is 135 Å². The molecule has 0 aromatic carbocycles. The highest BCUT2D eigenvalue weighted by atomic mass is 32.2. The number of quaternary nitrogens is 6. The van der Waals surface area contributed by atoms with Crippen LogP contribution in [0.4, 0.5) is 0 Å². The number of amides is 2. The van der Waals surface area contributed by atoms with Gasteiger partial charge >= 0.3 is 23.9 Å². The molecule has 105 heavy (non-hydrogen) atoms. The summed E-state index contributed by atoms with van der Waals surface area (Å²) >= 11 is 0. The van der Waals surface area contributed by atoms with Crippen LogP contribution < -0.4 is 25.5 Å². The maximum atomic E-state index is 11.3. The highest BCUT2D eigenvalue weighted by Gasteiger charge is 2.21. The number of ether oxygens (including phenoxy) is 4. The van der Waals surface area contributed by atoms with Gasteiger partial charge in [0, 0.05) is 83.8 Å². The van der Waals surface area contributed by atoms with Crippen LogP contribution in [-0.4, -0.2) is 325 Å². The van der Waals surface area contributed by atoms with Crippen LogP contribution in [-0.2, 0) is 94.3 Å². The van der Waals surface area contributed by atoms with Gasteiger partial charge in [0.05, 0.1) is 167 Å². The first-order chi connectivity index (χ1) is 47.5. The minimum absolute atomic E-state index is 0.0292. The van der Waals surface area contributed by atoms with E-state index < -0.39 is 43.4 Å². The molecule has 0 rings (SSSR count). The molecule has 0 aromatic rings. The average molecular weight is 1570 g/mol. The predicted octanol–water partition coefficient (Wildman–Crippen LogP) is 3.78. The molecular weight excluding hydrogens is 1430 g/mol. The van der Waals surface area contributed by atoms with Crippen molar-refractivity contribution >= 4 is 78.8 Å². The fourth-order valence-electron chi connectivity index (χ4n) is 7.14. The molecule has 0 spiro atoms. The molecule has 0 aliphatic carbocycles. The van der Waals surface area contributed by atoms with Gasteiger partial charge in [0.2, 0.25) is 11.8 Å². The molecule has 3 N–H and O–H groups in total. The Morgan fingerprint density at radius 2 is 0.705 bits per heavy atom. The third kappa shape index (κ3) is 82.3. The molecule has 0 aromatic heterocycles. The number of carboxylic acid groups (broad SMARTS) is 1. The van der Waals surface area contributed by atoms with E-state index in [1.54, 1.807) is 34.6 Å². The summed E-state index contributed by atoms with van der Waals surface area (Å²) in [4.78, 5) is 110. The summed E-state index contributed by atoms with van der Waals surface area (Å²) in [6, 6.07) is 0. The number of nitrogens with one attached hydrogen (secondary N) is 2. The second kappa shape index (κ2) is 56.6. The van der Waals surface area contributed by atoms with Crippen LogP contribution in [0.15, 0.2) is 72.9 Å². The van der Waals surface area contributed by atoms with E-state index in [-0.39, 0.29) is 92.5 Å². The number of esters is 4. The number of Topliss-reactive ketones (excluding diaryl/α,β-unsaturated/α-hetero) is 1. The third-order valence-electron chi connectivity index (χ3n) is 14.0. The van der Waals surface area contributed by atoms with E-state index in [4.69, 9.17) is 14.0 Å². The summed E-state index contributed by atoms with van der Waals surface area (Å²) < 4.78 is 84.7. The van der Waals surface area contributed by atoms with Crippen LogP contribution in [0.1, 0.15) is 100 Å². The van der Waals surface area contributed by atoms with Gasteiger partial charge < -0.3 is 104 Å². The van der Waals surface area contributed by atoms with Gasteiger partial charge in [-0.1, -0.05) is 52.8 Å². The van der Waals surface area contributed by atoms with Gasteiger partial charge in [0.1, 0.15) is 71.6 Å². The zero-order chi connectivity index (χ0) is 83.5. The maximum absolute atomic E-state index is 11.3. The number of ketones is 1. The first-order valence-corrected chi connectivity index (χ1v) is 39.3. The topological polar surface area (TPSA) is 375 Å². The summed E-state index contributed by atoms with van der Waals surface area (Å²) in [6.45, 7) is 43.1. The molecule has 614 valence electrons. The highest BCUT2D eigenvalue weighted by Crippen LogP contribution is 2.38. The summed E-state index contributed by atoms with van der Waals surface area (Å²) in [5.41, 5.74) is 2.36. The lowest BCUT2D eigenvalue weighted by Gasteiger charge is -2.30. The number of carbonyl (C=O) groups excluding carboxylic acids is 8. The Labute approximate surface area is 630 Å². The second-order valence-corrected chi connectivity index (χ2v) is 34.8. The number of carboxylic acids is 1. The zero-order valence-electron chi connectivity index (χ0n) is 68.2. The Morgan fingerprint density at radius 1 is 0.400 bits per heavy atom. The molecule has 2 amide bonds. The number of hydrogen-bond donors (Lipinski definition) is 3. The first kappa shape index (κ1) is 110. The Morgan fingerprint density at radius 3 is 1.02 bits per heavy atom. The van der Waals surface area contributed by atoms with Gasteiger partial charge in [0.25, 0.3) is 15.6 Å². The third-order valence-corrected chi connectivity index (χ3v) is 16.9. The number of carbonyl (C=O) groups is 8. The van der Waals surface area contributed by atoms with Crippen LogP contribution in [0, 0.1) is 0 Å². The Kier molecular flexibility index (Phi) is 59.4. The van der Waals surface area contributed by atoms with Crippen molar-refractivity contribution in [2.45, 2.75) is 100 Å². The van der Waals surface area contributed by atoms with Crippen molar-refractivity contribution in [2.24, 2.45) is 0 Å². The van der Waals surface area contributed by atoms with E-state index in [1.165, 1.54) is 26.7 Å². The molecule has 3 unspecified atom stereocenters. The molecule has 0 saturated heterocycles. The van der Waals surface area contributed by atoms with Crippen molar-refractivity contribution in [1.82, 2.24) is 10.6 Å². The Hall–Kier alpha value is -5.64. The van der Waals surface area contributed by atoms with Gasteiger partial charge in [-0.3, -0.25) is 18.7 Å². The number of nitrogens with zero attached hydrogens (tertiary/aromatic N) is 6. The molecule has 0 aliphatic rings. The summed E-state index contributed by atoms with van der Waals surface area (Å²) in [5.74, 6) is 0.559. The lowest BCUT2D eigenvalue weighted by Crippen LogP contribution is -2.47. The first-order valence-electron chi connectivity index (χ1n) is 34.5. The lowest BCUT2D eigenvalue weighted by atomic mass is 10.2. The van der Waals surface area contributed by atoms with Gasteiger partial charge in [-0.25, -0.2) is 23.4 Å². The van der Waals surface area contributed by atoms with Gasteiger partial charge in [-0.05, 0) is 60.8 Å². The molecule has 0 radical (unpaired) electrons. The van der Waals surface area contributed by atoms with E-state index in [2.05, 4.69) is 133 Å². The second-order valence-electron chi connectivity index (χ2n) is 30.0. The van der Waals surface area contributed by atoms with E-state index in [1.807, 2.05) is 56.4 Å². The monoisotopic (exact) mass is 1570 g/mol. The molecule has 0 fully saturated rings. The summed E-state index contributed by atoms with van der Waals surface area (Å²) in [6.07, 6.45) is 5.47. The van der Waals surface area contributed by atoms with Crippen LogP contribution >= 0.6 is 15.6 Å². The fourth-order valence-corrected chi connectivity index (χ4v) is 9.08. The van der Waals surface area contributed by atoms with Gasteiger partial charge in [0.15, 0.2) is 0 Å².